The van der Waals surface area contributed by atoms with Gasteiger partial charge in [0.1, 0.15) is 10.8 Å². The van der Waals surface area contributed by atoms with Crippen LogP contribution in [-0.2, 0) is 0 Å². The average molecular weight is 314 g/mol. The Bertz CT molecular complexity index is 738. The van der Waals surface area contributed by atoms with Crippen molar-refractivity contribution in [1.29, 1.82) is 0 Å². The molecule has 1 aromatic carbocycles. The van der Waals surface area contributed by atoms with Crippen molar-refractivity contribution in [1.82, 2.24) is 9.97 Å². The number of hydrogen-bond acceptors (Lipinski definition) is 5. The van der Waals surface area contributed by atoms with Crippen molar-refractivity contribution in [2.75, 3.05) is 13.4 Å². The Hall–Kier alpha value is -1.85. The molecule has 0 aliphatic carbocycles. The second kappa shape index (κ2) is 6.28. The SMILES string of the molecule is COc1ccc(-c2csc(-c3ccnc(SC)c3)n2)cc1. The van der Waals surface area contributed by atoms with E-state index in [1.807, 2.05) is 42.8 Å². The highest BCUT2D eigenvalue weighted by atomic mass is 32.2. The predicted octanol–water partition coefficient (Wildman–Crippen LogP) is 4.60. The number of nitrogens with zero attached hydrogens (tertiary/aromatic N) is 2. The van der Waals surface area contributed by atoms with Crippen LogP contribution in [0.25, 0.3) is 21.8 Å². The molecule has 0 spiro atoms. The molecule has 0 unspecified atom stereocenters. The molecular weight excluding hydrogens is 300 g/mol. The average Bonchev–Trinajstić information content (AvgIpc) is 3.05. The fourth-order valence-corrected chi connectivity index (χ4v) is 3.19. The van der Waals surface area contributed by atoms with E-state index in [0.717, 1.165) is 32.6 Å². The van der Waals surface area contributed by atoms with Crippen molar-refractivity contribution in [3.05, 3.63) is 48.0 Å². The monoisotopic (exact) mass is 314 g/mol. The van der Waals surface area contributed by atoms with E-state index in [4.69, 9.17) is 9.72 Å². The summed E-state index contributed by atoms with van der Waals surface area (Å²) in [5.41, 5.74) is 3.19. The molecule has 2 aromatic heterocycles. The van der Waals surface area contributed by atoms with E-state index in [0.29, 0.717) is 0 Å². The summed E-state index contributed by atoms with van der Waals surface area (Å²) in [5.74, 6) is 0.855. The molecule has 0 aliphatic rings. The van der Waals surface area contributed by atoms with Gasteiger partial charge in [0.15, 0.2) is 0 Å². The van der Waals surface area contributed by atoms with Crippen LogP contribution in [0.4, 0.5) is 0 Å². The maximum absolute atomic E-state index is 5.18. The summed E-state index contributed by atoms with van der Waals surface area (Å²) in [6.07, 6.45) is 3.85. The molecule has 106 valence electrons. The highest BCUT2D eigenvalue weighted by Gasteiger charge is 2.07. The van der Waals surface area contributed by atoms with E-state index >= 15 is 0 Å². The van der Waals surface area contributed by atoms with E-state index in [9.17, 15) is 0 Å². The van der Waals surface area contributed by atoms with Crippen LogP contribution in [0.5, 0.6) is 5.75 Å². The molecule has 21 heavy (non-hydrogen) atoms. The Kier molecular flexibility index (Phi) is 4.22. The molecule has 0 bridgehead atoms. The van der Waals surface area contributed by atoms with Crippen LogP contribution in [0, 0.1) is 0 Å². The van der Waals surface area contributed by atoms with Crippen LogP contribution in [-0.4, -0.2) is 23.3 Å². The van der Waals surface area contributed by atoms with Gasteiger partial charge in [-0.25, -0.2) is 9.97 Å². The molecule has 0 atom stereocenters. The number of thiazole rings is 1. The third kappa shape index (κ3) is 3.09. The van der Waals surface area contributed by atoms with Gasteiger partial charge in [-0.2, -0.15) is 0 Å². The fraction of sp³-hybridized carbons (Fsp3) is 0.125. The summed E-state index contributed by atoms with van der Waals surface area (Å²) < 4.78 is 5.18. The topological polar surface area (TPSA) is 35.0 Å². The fourth-order valence-electron chi connectivity index (χ4n) is 1.95. The Morgan fingerprint density at radius 1 is 1.10 bits per heavy atom. The van der Waals surface area contributed by atoms with Crippen molar-refractivity contribution in [3.63, 3.8) is 0 Å². The van der Waals surface area contributed by atoms with Crippen molar-refractivity contribution < 1.29 is 4.74 Å². The number of methoxy groups -OCH3 is 1. The minimum Gasteiger partial charge on any atom is -0.497 e. The second-order valence-corrected chi connectivity index (χ2v) is 6.04. The molecule has 5 heteroatoms. The summed E-state index contributed by atoms with van der Waals surface area (Å²) in [5, 5.41) is 4.10. The Labute approximate surface area is 132 Å². The number of hydrogen-bond donors (Lipinski definition) is 0. The molecule has 0 aliphatic heterocycles. The molecule has 0 radical (unpaired) electrons. The second-order valence-electron chi connectivity index (χ2n) is 4.35. The van der Waals surface area contributed by atoms with Crippen LogP contribution in [0.1, 0.15) is 0 Å². The zero-order valence-electron chi connectivity index (χ0n) is 11.7. The molecule has 3 aromatic rings. The van der Waals surface area contributed by atoms with Crippen LogP contribution >= 0.6 is 23.1 Å². The van der Waals surface area contributed by atoms with Gasteiger partial charge in [0.25, 0.3) is 0 Å². The molecule has 0 saturated carbocycles. The standard InChI is InChI=1S/C16H14N2OS2/c1-19-13-5-3-11(4-6-13)14-10-21-16(18-14)12-7-8-17-15(9-12)20-2/h3-10H,1-2H3. The smallest absolute Gasteiger partial charge is 0.124 e. The van der Waals surface area contributed by atoms with Crippen molar-refractivity contribution in [3.8, 4) is 27.6 Å². The lowest BCUT2D eigenvalue weighted by Crippen LogP contribution is -1.84. The quantitative estimate of drug-likeness (QED) is 0.659. The van der Waals surface area contributed by atoms with Crippen LogP contribution in [0.2, 0.25) is 0 Å². The van der Waals surface area contributed by atoms with Gasteiger partial charge in [-0.05, 0) is 42.7 Å². The number of benzene rings is 1. The number of pyridine rings is 1. The number of rotatable bonds is 4. The number of thioether (sulfide) groups is 1. The first kappa shape index (κ1) is 14.1. The molecule has 3 rings (SSSR count). The van der Waals surface area contributed by atoms with Gasteiger partial charge < -0.3 is 4.74 Å². The normalized spacial score (nSPS) is 10.6. The van der Waals surface area contributed by atoms with Crippen LogP contribution in [0.3, 0.4) is 0 Å². The third-order valence-corrected chi connectivity index (χ3v) is 4.61. The molecule has 2 heterocycles. The summed E-state index contributed by atoms with van der Waals surface area (Å²) in [4.78, 5) is 9.02. The minimum absolute atomic E-state index is 0.855. The summed E-state index contributed by atoms with van der Waals surface area (Å²) in [6.45, 7) is 0. The largest absolute Gasteiger partial charge is 0.497 e. The van der Waals surface area contributed by atoms with E-state index in [2.05, 4.69) is 16.4 Å². The van der Waals surface area contributed by atoms with Gasteiger partial charge in [0, 0.05) is 22.7 Å². The van der Waals surface area contributed by atoms with E-state index in [-0.39, 0.29) is 0 Å². The maximum Gasteiger partial charge on any atom is 0.124 e. The van der Waals surface area contributed by atoms with Crippen LogP contribution < -0.4 is 4.74 Å². The number of ether oxygens (including phenoxy) is 1. The molecular formula is C16H14N2OS2. The Morgan fingerprint density at radius 2 is 1.90 bits per heavy atom. The first-order valence-electron chi connectivity index (χ1n) is 6.40. The Balaban J connectivity index is 1.91. The highest BCUT2D eigenvalue weighted by molar-refractivity contribution is 7.98. The lowest BCUT2D eigenvalue weighted by atomic mass is 10.2. The minimum atomic E-state index is 0.855. The summed E-state index contributed by atoms with van der Waals surface area (Å²) in [6, 6.07) is 12.0. The summed E-state index contributed by atoms with van der Waals surface area (Å²) in [7, 11) is 1.67. The maximum atomic E-state index is 5.18. The molecule has 0 N–H and O–H groups in total. The van der Waals surface area contributed by atoms with Gasteiger partial charge in [-0.3, -0.25) is 0 Å². The lowest BCUT2D eigenvalue weighted by molar-refractivity contribution is 0.415. The summed E-state index contributed by atoms with van der Waals surface area (Å²) >= 11 is 3.28. The molecule has 0 fully saturated rings. The molecule has 0 amide bonds. The van der Waals surface area contributed by atoms with Crippen molar-refractivity contribution >= 4 is 23.1 Å². The van der Waals surface area contributed by atoms with Gasteiger partial charge >= 0.3 is 0 Å². The first-order valence-corrected chi connectivity index (χ1v) is 8.51. The van der Waals surface area contributed by atoms with Crippen molar-refractivity contribution in [2.24, 2.45) is 0 Å². The zero-order chi connectivity index (χ0) is 14.7. The molecule has 3 nitrogen and oxygen atoms in total. The van der Waals surface area contributed by atoms with Crippen LogP contribution in [0.15, 0.2) is 53.0 Å². The highest BCUT2D eigenvalue weighted by Crippen LogP contribution is 2.30. The van der Waals surface area contributed by atoms with E-state index < -0.39 is 0 Å². The zero-order valence-corrected chi connectivity index (χ0v) is 13.4. The van der Waals surface area contributed by atoms with Gasteiger partial charge in [-0.1, -0.05) is 0 Å². The third-order valence-electron chi connectivity index (χ3n) is 3.08. The first-order chi connectivity index (χ1) is 10.3. The van der Waals surface area contributed by atoms with Crippen molar-refractivity contribution in [2.45, 2.75) is 5.03 Å². The predicted molar refractivity (Wildman–Crippen MR) is 89.1 cm³/mol. The van der Waals surface area contributed by atoms with Gasteiger partial charge in [0.2, 0.25) is 0 Å². The van der Waals surface area contributed by atoms with Gasteiger partial charge in [-0.15, -0.1) is 23.1 Å². The number of aromatic nitrogens is 2. The molecule has 0 saturated heterocycles. The van der Waals surface area contributed by atoms with E-state index in [1.54, 1.807) is 30.2 Å². The Morgan fingerprint density at radius 3 is 2.62 bits per heavy atom. The van der Waals surface area contributed by atoms with Gasteiger partial charge in [0.05, 0.1) is 17.8 Å². The lowest BCUT2D eigenvalue weighted by Gasteiger charge is -2.01. The van der Waals surface area contributed by atoms with E-state index in [1.165, 1.54) is 0 Å².